The zero-order chi connectivity index (χ0) is 14.3. The smallest absolute Gasteiger partial charge is 0.182 e. The lowest BCUT2D eigenvalue weighted by Crippen LogP contribution is -1.62. The Hall–Kier alpha value is 0.0800. The molecule has 0 aliphatic rings. The molecule has 0 fully saturated rings. The molecule has 0 rings (SSSR count). The van der Waals surface area contributed by atoms with E-state index in [2.05, 4.69) is 50.5 Å². The third kappa shape index (κ3) is 376000. The lowest BCUT2D eigenvalue weighted by atomic mass is 10.9. The molecular formula is C8H16O4S4. The molecule has 0 N–H and O–H groups in total. The van der Waals surface area contributed by atoms with E-state index >= 15 is 0 Å². The van der Waals surface area contributed by atoms with Gasteiger partial charge in [0.15, 0.2) is 20.5 Å². The van der Waals surface area contributed by atoms with Crippen molar-refractivity contribution in [3.63, 3.8) is 0 Å². The SMILES string of the molecule is CC(=O)S.CC(=O)S.CC(=O)S.CC(=O)S. The summed E-state index contributed by atoms with van der Waals surface area (Å²) in [7, 11) is 0. The molecule has 0 bridgehead atoms. The number of rotatable bonds is 0. The van der Waals surface area contributed by atoms with E-state index < -0.39 is 0 Å². The predicted molar refractivity (Wildman–Crippen MR) is 78.7 cm³/mol. The first kappa shape index (κ1) is 25.1. The molecule has 0 spiro atoms. The summed E-state index contributed by atoms with van der Waals surface area (Å²) >= 11 is 13.3. The summed E-state index contributed by atoms with van der Waals surface area (Å²) in [5.41, 5.74) is 0. The molecular weight excluding hydrogens is 288 g/mol. The summed E-state index contributed by atoms with van der Waals surface area (Å²) in [4.78, 5) is 37.2. The standard InChI is InChI=1S/4C2H4OS/c4*1-2(3)4/h4*1H3,(H,3,4). The Balaban J connectivity index is -0.0000000600. The molecule has 0 aromatic heterocycles. The average Bonchev–Trinajstić information content (AvgIpc) is 1.76. The average molecular weight is 304 g/mol. The van der Waals surface area contributed by atoms with E-state index in [4.69, 9.17) is 0 Å². The summed E-state index contributed by atoms with van der Waals surface area (Å²) in [6.07, 6.45) is 0. The maximum absolute atomic E-state index is 9.31. The van der Waals surface area contributed by atoms with E-state index in [1.54, 1.807) is 0 Å². The van der Waals surface area contributed by atoms with Gasteiger partial charge in [0.1, 0.15) is 0 Å². The number of hydrogen-bond donors (Lipinski definition) is 4. The Bertz CT molecular complexity index is 164. The Morgan fingerprint density at radius 2 is 0.500 bits per heavy atom. The second kappa shape index (κ2) is 20.5. The van der Waals surface area contributed by atoms with Gasteiger partial charge in [-0.25, -0.2) is 0 Å². The van der Waals surface area contributed by atoms with Gasteiger partial charge in [-0.05, 0) is 0 Å². The fraction of sp³-hybridized carbons (Fsp3) is 0.500. The van der Waals surface area contributed by atoms with Crippen LogP contribution in [0.1, 0.15) is 27.7 Å². The number of carbonyl (C=O) groups excluding carboxylic acids is 4. The van der Waals surface area contributed by atoms with Crippen LogP contribution in [0.5, 0.6) is 0 Å². The highest BCUT2D eigenvalue weighted by Gasteiger charge is 1.64. The molecule has 16 heavy (non-hydrogen) atoms. The molecule has 0 saturated carbocycles. The van der Waals surface area contributed by atoms with Crippen molar-refractivity contribution >= 4 is 71.0 Å². The monoisotopic (exact) mass is 304 g/mol. The lowest BCUT2D eigenvalue weighted by Gasteiger charge is -1.55. The highest BCUT2D eigenvalue weighted by molar-refractivity contribution is 7.97. The van der Waals surface area contributed by atoms with Gasteiger partial charge in [0, 0.05) is 27.7 Å². The Morgan fingerprint density at radius 3 is 0.500 bits per heavy atom. The largest absolute Gasteiger partial charge is 0.288 e. The Labute approximate surface area is 118 Å². The van der Waals surface area contributed by atoms with Crippen LogP contribution >= 0.6 is 50.5 Å². The van der Waals surface area contributed by atoms with Crippen molar-refractivity contribution in [2.45, 2.75) is 27.7 Å². The molecule has 0 aromatic carbocycles. The third-order valence-electron chi connectivity index (χ3n) is 0. The van der Waals surface area contributed by atoms with Crippen LogP contribution in [0.3, 0.4) is 0 Å². The first-order valence-electron chi connectivity index (χ1n) is 3.71. The summed E-state index contributed by atoms with van der Waals surface area (Å²) in [5, 5.41) is -0.556. The van der Waals surface area contributed by atoms with E-state index in [1.165, 1.54) is 27.7 Å². The van der Waals surface area contributed by atoms with Gasteiger partial charge in [-0.2, -0.15) is 0 Å². The zero-order valence-electron chi connectivity index (χ0n) is 9.42. The summed E-state index contributed by atoms with van der Waals surface area (Å²) < 4.78 is 0. The maximum Gasteiger partial charge on any atom is 0.182 e. The van der Waals surface area contributed by atoms with Gasteiger partial charge in [-0.1, -0.05) is 0 Å². The van der Waals surface area contributed by atoms with Gasteiger partial charge in [-0.15, -0.1) is 50.5 Å². The lowest BCUT2D eigenvalue weighted by molar-refractivity contribution is -0.109. The van der Waals surface area contributed by atoms with E-state index in [-0.39, 0.29) is 20.5 Å². The van der Waals surface area contributed by atoms with Crippen LogP contribution in [0.15, 0.2) is 0 Å². The minimum atomic E-state index is -0.139. The fourth-order valence-corrected chi connectivity index (χ4v) is 0. The summed E-state index contributed by atoms with van der Waals surface area (Å²) in [5.74, 6) is 0. The van der Waals surface area contributed by atoms with Crippen LogP contribution in [0, 0.1) is 0 Å². The van der Waals surface area contributed by atoms with Gasteiger partial charge in [0.25, 0.3) is 0 Å². The van der Waals surface area contributed by atoms with E-state index in [1.807, 2.05) is 0 Å². The number of hydrogen-bond acceptors (Lipinski definition) is 4. The molecule has 8 heteroatoms. The first-order valence-corrected chi connectivity index (χ1v) is 5.50. The van der Waals surface area contributed by atoms with Crippen molar-refractivity contribution in [2.75, 3.05) is 0 Å². The molecule has 96 valence electrons. The van der Waals surface area contributed by atoms with Crippen molar-refractivity contribution < 1.29 is 19.2 Å². The second-order valence-electron chi connectivity index (χ2n) is 2.08. The zero-order valence-corrected chi connectivity index (χ0v) is 13.0. The van der Waals surface area contributed by atoms with Crippen LogP contribution in [0.25, 0.3) is 0 Å². The van der Waals surface area contributed by atoms with Gasteiger partial charge >= 0.3 is 0 Å². The maximum atomic E-state index is 9.31. The molecule has 0 amide bonds. The third-order valence-corrected chi connectivity index (χ3v) is 0. The van der Waals surface area contributed by atoms with Crippen LogP contribution in [-0.2, 0) is 19.2 Å². The molecule has 0 aliphatic heterocycles. The molecule has 0 unspecified atom stereocenters. The van der Waals surface area contributed by atoms with E-state index in [0.29, 0.717) is 0 Å². The van der Waals surface area contributed by atoms with E-state index in [9.17, 15) is 19.2 Å². The van der Waals surface area contributed by atoms with Gasteiger partial charge < -0.3 is 0 Å². The molecule has 4 nitrogen and oxygen atoms in total. The topological polar surface area (TPSA) is 68.3 Å². The quantitative estimate of drug-likeness (QED) is 0.516. The highest BCUT2D eigenvalue weighted by Crippen LogP contribution is 1.67. The normalized spacial score (nSPS) is 6.50. The molecule has 0 atom stereocenters. The highest BCUT2D eigenvalue weighted by atomic mass is 32.1. The molecule has 0 saturated heterocycles. The van der Waals surface area contributed by atoms with E-state index in [0.717, 1.165) is 0 Å². The molecule has 0 radical (unpaired) electrons. The summed E-state index contributed by atoms with van der Waals surface area (Å²) in [6, 6.07) is 0. The number of thiol groups is 4. The second-order valence-corrected chi connectivity index (χ2v) is 4.60. The van der Waals surface area contributed by atoms with Crippen LogP contribution in [0.2, 0.25) is 0 Å². The fourth-order valence-electron chi connectivity index (χ4n) is 0. The van der Waals surface area contributed by atoms with Crippen LogP contribution < -0.4 is 0 Å². The van der Waals surface area contributed by atoms with Crippen molar-refractivity contribution in [2.24, 2.45) is 0 Å². The van der Waals surface area contributed by atoms with Crippen molar-refractivity contribution in [1.29, 1.82) is 0 Å². The predicted octanol–water partition coefficient (Wildman–Crippen LogP) is 1.85. The van der Waals surface area contributed by atoms with Crippen LogP contribution in [0.4, 0.5) is 0 Å². The van der Waals surface area contributed by atoms with Gasteiger partial charge in [0.2, 0.25) is 0 Å². The summed E-state index contributed by atoms with van der Waals surface area (Å²) in [6.45, 7) is 5.57. The Kier molecular flexibility index (Phi) is 32.1. The molecule has 0 aliphatic carbocycles. The Morgan fingerprint density at radius 1 is 0.500 bits per heavy atom. The van der Waals surface area contributed by atoms with Gasteiger partial charge in [-0.3, -0.25) is 19.2 Å². The van der Waals surface area contributed by atoms with Crippen molar-refractivity contribution in [3.05, 3.63) is 0 Å². The number of carbonyl (C=O) groups is 4. The molecule has 0 aromatic rings. The molecule has 0 heterocycles. The minimum absolute atomic E-state index is 0.139. The van der Waals surface area contributed by atoms with Crippen LogP contribution in [-0.4, -0.2) is 20.5 Å². The van der Waals surface area contributed by atoms with Crippen molar-refractivity contribution in [1.82, 2.24) is 0 Å². The van der Waals surface area contributed by atoms with Gasteiger partial charge in [0.05, 0.1) is 0 Å². The first-order chi connectivity index (χ1) is 6.93. The van der Waals surface area contributed by atoms with Crippen molar-refractivity contribution in [3.8, 4) is 0 Å². The minimum Gasteiger partial charge on any atom is -0.288 e.